The standard InChI is InChI=1S/C12H19NO/c1-3-10(8-13)12(14)11-6-4-5-9(2)7-11/h4-7,10,12,14H,3,8,13H2,1-2H3. The molecule has 0 aliphatic rings. The average Bonchev–Trinajstić information content (AvgIpc) is 2.19. The van der Waals surface area contributed by atoms with Gasteiger partial charge in [0.25, 0.3) is 0 Å². The molecule has 0 radical (unpaired) electrons. The molecule has 0 saturated carbocycles. The van der Waals surface area contributed by atoms with Crippen molar-refractivity contribution < 1.29 is 5.11 Å². The molecule has 0 saturated heterocycles. The van der Waals surface area contributed by atoms with Crippen molar-refractivity contribution in [2.45, 2.75) is 26.4 Å². The van der Waals surface area contributed by atoms with Gasteiger partial charge in [-0.15, -0.1) is 0 Å². The van der Waals surface area contributed by atoms with Gasteiger partial charge in [-0.05, 0) is 25.5 Å². The lowest BCUT2D eigenvalue weighted by Gasteiger charge is -2.20. The maximum atomic E-state index is 10.0. The number of aliphatic hydroxyl groups is 1. The van der Waals surface area contributed by atoms with Gasteiger partial charge in [0.2, 0.25) is 0 Å². The van der Waals surface area contributed by atoms with Crippen LogP contribution in [0.5, 0.6) is 0 Å². The summed E-state index contributed by atoms with van der Waals surface area (Å²) in [5.41, 5.74) is 7.75. The van der Waals surface area contributed by atoms with Crippen molar-refractivity contribution in [3.8, 4) is 0 Å². The fourth-order valence-electron chi connectivity index (χ4n) is 1.65. The van der Waals surface area contributed by atoms with Crippen LogP contribution in [0.1, 0.15) is 30.6 Å². The Morgan fingerprint density at radius 3 is 2.64 bits per heavy atom. The van der Waals surface area contributed by atoms with Gasteiger partial charge in [-0.2, -0.15) is 0 Å². The van der Waals surface area contributed by atoms with Crippen LogP contribution in [0, 0.1) is 12.8 Å². The molecule has 2 heteroatoms. The molecule has 0 bridgehead atoms. The molecule has 14 heavy (non-hydrogen) atoms. The molecule has 0 heterocycles. The van der Waals surface area contributed by atoms with E-state index in [0.717, 1.165) is 12.0 Å². The molecule has 0 aliphatic carbocycles. The molecular formula is C12H19NO. The highest BCUT2D eigenvalue weighted by molar-refractivity contribution is 5.24. The number of benzene rings is 1. The number of hydrogen-bond donors (Lipinski definition) is 2. The van der Waals surface area contributed by atoms with Crippen molar-refractivity contribution >= 4 is 0 Å². The maximum absolute atomic E-state index is 10.0. The summed E-state index contributed by atoms with van der Waals surface area (Å²) in [5.74, 6) is 0.164. The summed E-state index contributed by atoms with van der Waals surface area (Å²) in [5, 5.41) is 10.0. The molecule has 0 aromatic heterocycles. The van der Waals surface area contributed by atoms with Gasteiger partial charge < -0.3 is 10.8 Å². The van der Waals surface area contributed by atoms with Crippen LogP contribution in [-0.2, 0) is 0 Å². The minimum atomic E-state index is -0.426. The van der Waals surface area contributed by atoms with Crippen LogP contribution in [0.3, 0.4) is 0 Å². The first-order valence-corrected chi connectivity index (χ1v) is 5.13. The first kappa shape index (κ1) is 11.2. The van der Waals surface area contributed by atoms with Crippen LogP contribution in [0.2, 0.25) is 0 Å². The highest BCUT2D eigenvalue weighted by Gasteiger charge is 2.17. The van der Waals surface area contributed by atoms with E-state index in [9.17, 15) is 5.11 Å². The van der Waals surface area contributed by atoms with E-state index in [1.807, 2.05) is 31.2 Å². The molecule has 3 N–H and O–H groups in total. The van der Waals surface area contributed by atoms with E-state index in [0.29, 0.717) is 6.54 Å². The predicted octanol–water partition coefficient (Wildman–Crippen LogP) is 2.01. The summed E-state index contributed by atoms with van der Waals surface area (Å²) in [6, 6.07) is 7.97. The Hall–Kier alpha value is -0.860. The number of hydrogen-bond acceptors (Lipinski definition) is 2. The summed E-state index contributed by atoms with van der Waals surface area (Å²) >= 11 is 0. The summed E-state index contributed by atoms with van der Waals surface area (Å²) in [4.78, 5) is 0. The summed E-state index contributed by atoms with van der Waals surface area (Å²) in [6.07, 6.45) is 0.482. The van der Waals surface area contributed by atoms with Crippen LogP contribution < -0.4 is 5.73 Å². The zero-order valence-corrected chi connectivity index (χ0v) is 8.90. The first-order chi connectivity index (χ1) is 6.69. The van der Waals surface area contributed by atoms with Crippen molar-refractivity contribution in [1.29, 1.82) is 0 Å². The Morgan fingerprint density at radius 1 is 1.43 bits per heavy atom. The smallest absolute Gasteiger partial charge is 0.0830 e. The van der Waals surface area contributed by atoms with E-state index in [1.165, 1.54) is 5.56 Å². The quantitative estimate of drug-likeness (QED) is 0.768. The van der Waals surface area contributed by atoms with Crippen molar-refractivity contribution in [2.75, 3.05) is 6.54 Å². The molecule has 2 nitrogen and oxygen atoms in total. The van der Waals surface area contributed by atoms with E-state index in [4.69, 9.17) is 5.73 Å². The highest BCUT2D eigenvalue weighted by Crippen LogP contribution is 2.24. The second kappa shape index (κ2) is 5.13. The Morgan fingerprint density at radius 2 is 2.14 bits per heavy atom. The molecule has 1 aromatic rings. The number of rotatable bonds is 4. The predicted molar refractivity (Wildman–Crippen MR) is 59.0 cm³/mol. The van der Waals surface area contributed by atoms with Gasteiger partial charge in [-0.25, -0.2) is 0 Å². The monoisotopic (exact) mass is 193 g/mol. The van der Waals surface area contributed by atoms with Crippen molar-refractivity contribution in [1.82, 2.24) is 0 Å². The van der Waals surface area contributed by atoms with Gasteiger partial charge in [-0.3, -0.25) is 0 Å². The van der Waals surface area contributed by atoms with Crippen molar-refractivity contribution in [2.24, 2.45) is 11.7 Å². The molecule has 0 spiro atoms. The third-order valence-corrected chi connectivity index (χ3v) is 2.66. The van der Waals surface area contributed by atoms with Gasteiger partial charge in [-0.1, -0.05) is 36.8 Å². The molecule has 2 atom stereocenters. The molecule has 0 aliphatic heterocycles. The summed E-state index contributed by atoms with van der Waals surface area (Å²) in [7, 11) is 0. The van der Waals surface area contributed by atoms with Crippen LogP contribution in [0.25, 0.3) is 0 Å². The van der Waals surface area contributed by atoms with Crippen LogP contribution >= 0.6 is 0 Å². The zero-order chi connectivity index (χ0) is 10.6. The largest absolute Gasteiger partial charge is 0.388 e. The Bertz CT molecular complexity index is 281. The number of aliphatic hydroxyl groups excluding tert-OH is 1. The van der Waals surface area contributed by atoms with Gasteiger partial charge in [0.1, 0.15) is 0 Å². The fourth-order valence-corrected chi connectivity index (χ4v) is 1.65. The minimum absolute atomic E-state index is 0.164. The van der Waals surface area contributed by atoms with E-state index in [2.05, 4.69) is 6.92 Å². The lowest BCUT2D eigenvalue weighted by Crippen LogP contribution is -2.21. The van der Waals surface area contributed by atoms with Crippen molar-refractivity contribution in [3.05, 3.63) is 35.4 Å². The minimum Gasteiger partial charge on any atom is -0.388 e. The Kier molecular flexibility index (Phi) is 4.11. The SMILES string of the molecule is CCC(CN)C(O)c1cccc(C)c1. The lowest BCUT2D eigenvalue weighted by atomic mass is 9.93. The molecule has 2 unspecified atom stereocenters. The second-order valence-corrected chi connectivity index (χ2v) is 3.76. The Balaban J connectivity index is 2.82. The molecule has 1 aromatic carbocycles. The number of nitrogens with two attached hydrogens (primary N) is 1. The van der Waals surface area contributed by atoms with Crippen LogP contribution in [0.4, 0.5) is 0 Å². The molecule has 0 amide bonds. The first-order valence-electron chi connectivity index (χ1n) is 5.13. The summed E-state index contributed by atoms with van der Waals surface area (Å²) in [6.45, 7) is 4.61. The van der Waals surface area contributed by atoms with Gasteiger partial charge >= 0.3 is 0 Å². The van der Waals surface area contributed by atoms with E-state index >= 15 is 0 Å². The molecule has 78 valence electrons. The van der Waals surface area contributed by atoms with Gasteiger partial charge in [0.05, 0.1) is 6.10 Å². The van der Waals surface area contributed by atoms with E-state index in [-0.39, 0.29) is 5.92 Å². The topological polar surface area (TPSA) is 46.2 Å². The molecular weight excluding hydrogens is 174 g/mol. The van der Waals surface area contributed by atoms with Crippen LogP contribution in [0.15, 0.2) is 24.3 Å². The zero-order valence-electron chi connectivity index (χ0n) is 8.90. The fraction of sp³-hybridized carbons (Fsp3) is 0.500. The van der Waals surface area contributed by atoms with E-state index in [1.54, 1.807) is 0 Å². The normalized spacial score (nSPS) is 15.1. The average molecular weight is 193 g/mol. The maximum Gasteiger partial charge on any atom is 0.0830 e. The molecule has 0 fully saturated rings. The van der Waals surface area contributed by atoms with E-state index < -0.39 is 6.10 Å². The third-order valence-electron chi connectivity index (χ3n) is 2.66. The third kappa shape index (κ3) is 2.56. The highest BCUT2D eigenvalue weighted by atomic mass is 16.3. The van der Waals surface area contributed by atoms with Gasteiger partial charge in [0.15, 0.2) is 0 Å². The molecule has 1 rings (SSSR count). The summed E-state index contributed by atoms with van der Waals surface area (Å²) < 4.78 is 0. The lowest BCUT2D eigenvalue weighted by molar-refractivity contribution is 0.110. The van der Waals surface area contributed by atoms with Crippen LogP contribution in [-0.4, -0.2) is 11.7 Å². The van der Waals surface area contributed by atoms with Gasteiger partial charge in [0, 0.05) is 5.92 Å². The number of aryl methyl sites for hydroxylation is 1. The van der Waals surface area contributed by atoms with Crippen molar-refractivity contribution in [3.63, 3.8) is 0 Å². The Labute approximate surface area is 85.8 Å². The second-order valence-electron chi connectivity index (χ2n) is 3.76.